The largest absolute Gasteiger partial charge is 0.506 e. The summed E-state index contributed by atoms with van der Waals surface area (Å²) in [5.41, 5.74) is 6.00. The number of hydrogen-bond acceptors (Lipinski definition) is 6. The summed E-state index contributed by atoms with van der Waals surface area (Å²) >= 11 is 0.696. The van der Waals surface area contributed by atoms with Crippen LogP contribution >= 0.6 is 11.8 Å². The fourth-order valence-corrected chi connectivity index (χ4v) is 4.19. The van der Waals surface area contributed by atoms with E-state index in [9.17, 15) is 29.4 Å². The van der Waals surface area contributed by atoms with Crippen LogP contribution in [0.5, 0.6) is 0 Å². The zero-order valence-corrected chi connectivity index (χ0v) is 17.6. The van der Waals surface area contributed by atoms with Gasteiger partial charge < -0.3 is 21.3 Å². The lowest BCUT2D eigenvalue weighted by atomic mass is 10.00. The Bertz CT molecular complexity index is 1130. The van der Waals surface area contributed by atoms with Crippen LogP contribution in [0.15, 0.2) is 71.3 Å². The second-order valence-electron chi connectivity index (χ2n) is 6.92. The number of nitrogens with two attached hydrogens (primary N) is 1. The summed E-state index contributed by atoms with van der Waals surface area (Å²) in [7, 11) is 0. The third-order valence-corrected chi connectivity index (χ3v) is 5.70. The fourth-order valence-electron chi connectivity index (χ4n) is 3.18. The lowest BCUT2D eigenvalue weighted by Gasteiger charge is -2.17. The number of benzene rings is 2. The molecule has 0 fully saturated rings. The first kappa shape index (κ1) is 22.8. The molecule has 8 nitrogen and oxygen atoms in total. The number of carbonyl (C=O) groups excluding carboxylic acids is 3. The van der Waals surface area contributed by atoms with Gasteiger partial charge in [0.15, 0.2) is 0 Å². The van der Waals surface area contributed by atoms with E-state index in [2.05, 4.69) is 5.32 Å². The van der Waals surface area contributed by atoms with Crippen LogP contribution in [0.3, 0.4) is 0 Å². The molecule has 2 aromatic rings. The van der Waals surface area contributed by atoms with Gasteiger partial charge in [-0.25, -0.2) is 4.79 Å². The van der Waals surface area contributed by atoms with Crippen molar-refractivity contribution in [3.05, 3.63) is 82.5 Å². The van der Waals surface area contributed by atoms with Crippen LogP contribution in [0.4, 0.5) is 0 Å². The van der Waals surface area contributed by atoms with E-state index in [1.54, 1.807) is 60.7 Å². The molecule has 1 aliphatic heterocycles. The van der Waals surface area contributed by atoms with E-state index in [1.807, 2.05) is 0 Å². The first-order valence-corrected chi connectivity index (χ1v) is 10.4. The third-order valence-electron chi connectivity index (χ3n) is 4.71. The van der Waals surface area contributed by atoms with E-state index in [1.165, 1.54) is 0 Å². The maximum absolute atomic E-state index is 13.2. The number of thioether (sulfide) groups is 1. The number of carboxylic acid groups (broad SMARTS) is 1. The highest BCUT2D eigenvalue weighted by molar-refractivity contribution is 8.19. The van der Waals surface area contributed by atoms with E-state index in [0.29, 0.717) is 22.9 Å². The summed E-state index contributed by atoms with van der Waals surface area (Å²) in [6.45, 7) is 0. The van der Waals surface area contributed by atoms with Gasteiger partial charge in [0.05, 0.1) is 16.1 Å². The topological polar surface area (TPSA) is 147 Å². The van der Waals surface area contributed by atoms with Crippen molar-refractivity contribution in [3.63, 3.8) is 0 Å². The van der Waals surface area contributed by atoms with Crippen molar-refractivity contribution in [2.24, 2.45) is 5.73 Å². The minimum Gasteiger partial charge on any atom is -0.506 e. The van der Waals surface area contributed by atoms with Crippen molar-refractivity contribution < 1.29 is 29.4 Å². The van der Waals surface area contributed by atoms with Crippen LogP contribution in [-0.2, 0) is 19.2 Å². The molecule has 0 saturated carbocycles. The van der Waals surface area contributed by atoms with Gasteiger partial charge in [0.1, 0.15) is 11.8 Å². The molecule has 5 N–H and O–H groups in total. The van der Waals surface area contributed by atoms with Gasteiger partial charge in [0, 0.05) is 6.42 Å². The molecule has 0 aromatic heterocycles. The number of aliphatic carboxylic acids is 1. The normalized spacial score (nSPS) is 15.9. The zero-order valence-electron chi connectivity index (χ0n) is 16.8. The van der Waals surface area contributed by atoms with E-state index in [4.69, 9.17) is 5.73 Å². The Hall–Kier alpha value is -3.85. The van der Waals surface area contributed by atoms with Crippen molar-refractivity contribution >= 4 is 45.8 Å². The molecule has 0 saturated heterocycles. The molecule has 1 unspecified atom stereocenters. The SMILES string of the molecule is NC(=O)CCC(NC(=O)/C(=C1/SC(=O)C(c2ccccc2)=C1O)c1ccccc1)C(=O)O. The van der Waals surface area contributed by atoms with Gasteiger partial charge >= 0.3 is 5.97 Å². The van der Waals surface area contributed by atoms with Crippen molar-refractivity contribution in [2.45, 2.75) is 18.9 Å². The highest BCUT2D eigenvalue weighted by Crippen LogP contribution is 2.44. The van der Waals surface area contributed by atoms with Crippen LogP contribution in [0, 0.1) is 0 Å². The summed E-state index contributed by atoms with van der Waals surface area (Å²) in [6, 6.07) is 15.5. The second-order valence-corrected chi connectivity index (χ2v) is 7.90. The Morgan fingerprint density at radius 1 is 1.00 bits per heavy atom. The molecule has 0 aliphatic carbocycles. The Labute approximate surface area is 187 Å². The second kappa shape index (κ2) is 9.97. The molecule has 2 aromatic carbocycles. The maximum atomic E-state index is 13.2. The number of amides is 2. The molecule has 0 spiro atoms. The van der Waals surface area contributed by atoms with Gasteiger partial charge in [-0.2, -0.15) is 0 Å². The quantitative estimate of drug-likeness (QED) is 0.450. The highest BCUT2D eigenvalue weighted by Gasteiger charge is 2.35. The standard InChI is InChI=1S/C23H20N2O6S/c24-16(26)12-11-15(22(29)30)25-21(28)18(14-9-5-2-6-10-14)20-19(27)17(23(31)32-20)13-7-3-1-4-8-13/h1-10,15,27H,11-12H2,(H2,24,26)(H,25,28)(H,29,30)/b20-18+. The van der Waals surface area contributed by atoms with Crippen molar-refractivity contribution in [2.75, 3.05) is 0 Å². The summed E-state index contributed by atoms with van der Waals surface area (Å²) in [6.07, 6.45) is -0.429. The Balaban J connectivity index is 2.07. The first-order chi connectivity index (χ1) is 15.3. The molecular weight excluding hydrogens is 432 g/mol. The van der Waals surface area contributed by atoms with Gasteiger partial charge in [0.25, 0.3) is 5.91 Å². The number of carbonyl (C=O) groups is 4. The lowest BCUT2D eigenvalue weighted by molar-refractivity contribution is -0.141. The molecule has 1 aliphatic rings. The predicted molar refractivity (Wildman–Crippen MR) is 120 cm³/mol. The summed E-state index contributed by atoms with van der Waals surface area (Å²) in [5, 5.41) is 22.3. The average molecular weight is 452 g/mol. The predicted octanol–water partition coefficient (Wildman–Crippen LogP) is 2.48. The van der Waals surface area contributed by atoms with Gasteiger partial charge in [0.2, 0.25) is 11.0 Å². The number of hydrogen-bond donors (Lipinski definition) is 4. The zero-order chi connectivity index (χ0) is 23.3. The molecule has 164 valence electrons. The summed E-state index contributed by atoms with van der Waals surface area (Å²) in [4.78, 5) is 48.5. The lowest BCUT2D eigenvalue weighted by Crippen LogP contribution is -2.42. The van der Waals surface area contributed by atoms with Crippen LogP contribution in [-0.4, -0.2) is 39.2 Å². The van der Waals surface area contributed by atoms with Crippen LogP contribution in [0.25, 0.3) is 11.1 Å². The number of primary amides is 1. The van der Waals surface area contributed by atoms with E-state index >= 15 is 0 Å². The Kier molecular flexibility index (Phi) is 7.11. The van der Waals surface area contributed by atoms with E-state index in [0.717, 1.165) is 0 Å². The van der Waals surface area contributed by atoms with Gasteiger partial charge in [-0.1, -0.05) is 60.7 Å². The molecule has 1 atom stereocenters. The minimum atomic E-state index is -1.38. The Morgan fingerprint density at radius 3 is 2.16 bits per heavy atom. The van der Waals surface area contributed by atoms with Crippen LogP contribution in [0.2, 0.25) is 0 Å². The smallest absolute Gasteiger partial charge is 0.326 e. The highest BCUT2D eigenvalue weighted by atomic mass is 32.2. The number of carboxylic acids is 1. The van der Waals surface area contributed by atoms with Gasteiger partial charge in [-0.05, 0) is 29.3 Å². The van der Waals surface area contributed by atoms with Crippen LogP contribution < -0.4 is 11.1 Å². The third kappa shape index (κ3) is 5.06. The maximum Gasteiger partial charge on any atom is 0.326 e. The molecular formula is C23H20N2O6S. The molecule has 2 amide bonds. The van der Waals surface area contributed by atoms with Crippen molar-refractivity contribution in [1.29, 1.82) is 0 Å². The van der Waals surface area contributed by atoms with Crippen molar-refractivity contribution in [3.8, 4) is 0 Å². The number of aliphatic hydroxyl groups is 1. The summed E-state index contributed by atoms with van der Waals surface area (Å²) < 4.78 is 0. The molecule has 1 heterocycles. The molecule has 9 heteroatoms. The molecule has 0 radical (unpaired) electrons. The summed E-state index contributed by atoms with van der Waals surface area (Å²) in [5.74, 6) is -3.19. The van der Waals surface area contributed by atoms with Gasteiger partial charge in [-0.15, -0.1) is 0 Å². The monoisotopic (exact) mass is 452 g/mol. The Morgan fingerprint density at radius 2 is 1.59 bits per heavy atom. The average Bonchev–Trinajstić information content (AvgIpc) is 3.06. The molecule has 3 rings (SSSR count). The number of aliphatic hydroxyl groups excluding tert-OH is 1. The minimum absolute atomic E-state index is 0.0246. The number of rotatable bonds is 8. The van der Waals surface area contributed by atoms with E-state index in [-0.39, 0.29) is 34.7 Å². The molecule has 0 bridgehead atoms. The van der Waals surface area contributed by atoms with Crippen molar-refractivity contribution in [1.82, 2.24) is 5.32 Å². The fraction of sp³-hybridized carbons (Fsp3) is 0.130. The molecule has 32 heavy (non-hydrogen) atoms. The van der Waals surface area contributed by atoms with Gasteiger partial charge in [-0.3, -0.25) is 14.4 Å². The van der Waals surface area contributed by atoms with Crippen LogP contribution in [0.1, 0.15) is 24.0 Å². The first-order valence-electron chi connectivity index (χ1n) is 9.62. The van der Waals surface area contributed by atoms with E-state index < -0.39 is 28.9 Å². The number of nitrogens with one attached hydrogen (secondary N) is 1.